The lowest BCUT2D eigenvalue weighted by Gasteiger charge is -2.34. The van der Waals surface area contributed by atoms with Crippen LogP contribution in [0.4, 0.5) is 5.69 Å². The van der Waals surface area contributed by atoms with Crippen LogP contribution in [0.25, 0.3) is 11.0 Å². The molecule has 174 valence electrons. The van der Waals surface area contributed by atoms with Crippen molar-refractivity contribution in [3.05, 3.63) is 28.7 Å². The smallest absolute Gasteiger partial charge is 0.329 e. The van der Waals surface area contributed by atoms with Gasteiger partial charge in [-0.1, -0.05) is 19.9 Å². The number of nitrogens with one attached hydrogen (secondary N) is 1. The fraction of sp³-hybridized carbons (Fsp3) is 0.625. The fourth-order valence-electron chi connectivity index (χ4n) is 4.93. The number of nitrogens with zero attached hydrogens (tertiary/aromatic N) is 3. The normalized spacial score (nSPS) is 20.4. The molecule has 2 aliphatic rings. The molecule has 4 rings (SSSR count). The molecule has 2 aliphatic heterocycles. The van der Waals surface area contributed by atoms with Crippen molar-refractivity contribution in [3.8, 4) is 0 Å². The summed E-state index contributed by atoms with van der Waals surface area (Å²) < 4.78 is 8.96. The van der Waals surface area contributed by atoms with E-state index in [-0.39, 0.29) is 18.0 Å². The third-order valence-corrected chi connectivity index (χ3v) is 6.68. The van der Waals surface area contributed by atoms with Gasteiger partial charge in [0.15, 0.2) is 0 Å². The summed E-state index contributed by atoms with van der Waals surface area (Å²) in [4.78, 5) is 39.5. The molecule has 8 nitrogen and oxygen atoms in total. The summed E-state index contributed by atoms with van der Waals surface area (Å²) in [5, 5.41) is 2.37. The molecule has 2 fully saturated rings. The zero-order valence-electron chi connectivity index (χ0n) is 19.3. The number of ether oxygens (including phenoxy) is 1. The standard InChI is InChI=1S/C24H34N4O4/c1-16(2)15-32-14-11-17-9-12-27(13-10-17)18-5-4-6-19-22(18)26(3)24(31)28(19)20-7-8-21(29)25-23(20)30/h4-6,16-17,20H,7-15H2,1-3H3,(H,25,29,30). The maximum Gasteiger partial charge on any atom is 0.329 e. The number of piperidine rings is 2. The molecule has 2 saturated heterocycles. The topological polar surface area (TPSA) is 85.6 Å². The number of rotatable bonds is 7. The number of benzene rings is 1. The Labute approximate surface area is 188 Å². The minimum atomic E-state index is -0.657. The minimum absolute atomic E-state index is 0.223. The molecule has 2 aromatic rings. The lowest BCUT2D eigenvalue weighted by Crippen LogP contribution is -2.44. The number of amides is 2. The number of hydrogen-bond acceptors (Lipinski definition) is 5. The predicted octanol–water partition coefficient (Wildman–Crippen LogP) is 2.60. The van der Waals surface area contributed by atoms with Crippen LogP contribution in [0.5, 0.6) is 0 Å². The maximum absolute atomic E-state index is 13.1. The molecule has 1 atom stereocenters. The van der Waals surface area contributed by atoms with E-state index in [9.17, 15) is 14.4 Å². The van der Waals surface area contributed by atoms with E-state index in [1.807, 2.05) is 12.1 Å². The number of anilines is 1. The lowest BCUT2D eigenvalue weighted by molar-refractivity contribution is -0.135. The lowest BCUT2D eigenvalue weighted by atomic mass is 9.93. The van der Waals surface area contributed by atoms with Crippen LogP contribution in [0.2, 0.25) is 0 Å². The third kappa shape index (κ3) is 4.46. The Kier molecular flexibility index (Phi) is 6.69. The van der Waals surface area contributed by atoms with Gasteiger partial charge in [0.2, 0.25) is 11.8 Å². The number of imidazole rings is 1. The Hall–Kier alpha value is -2.61. The number of para-hydroxylation sites is 1. The zero-order valence-corrected chi connectivity index (χ0v) is 19.3. The molecule has 0 radical (unpaired) electrons. The molecule has 0 saturated carbocycles. The van der Waals surface area contributed by atoms with Crippen LogP contribution in [-0.2, 0) is 21.4 Å². The van der Waals surface area contributed by atoms with Crippen molar-refractivity contribution < 1.29 is 14.3 Å². The van der Waals surface area contributed by atoms with Crippen molar-refractivity contribution in [2.24, 2.45) is 18.9 Å². The molecule has 2 amide bonds. The second-order valence-corrected chi connectivity index (χ2v) is 9.51. The van der Waals surface area contributed by atoms with Crippen molar-refractivity contribution in [2.75, 3.05) is 31.2 Å². The van der Waals surface area contributed by atoms with Crippen molar-refractivity contribution in [1.29, 1.82) is 0 Å². The average molecular weight is 443 g/mol. The second kappa shape index (κ2) is 9.48. The summed E-state index contributed by atoms with van der Waals surface area (Å²) in [6.07, 6.45) is 3.88. The van der Waals surface area contributed by atoms with E-state index in [1.165, 1.54) is 0 Å². The summed E-state index contributed by atoms with van der Waals surface area (Å²) in [6.45, 7) is 7.85. The summed E-state index contributed by atoms with van der Waals surface area (Å²) in [7, 11) is 1.76. The molecule has 1 aromatic heterocycles. The van der Waals surface area contributed by atoms with Crippen LogP contribution >= 0.6 is 0 Å². The Morgan fingerprint density at radius 2 is 1.88 bits per heavy atom. The van der Waals surface area contributed by atoms with Gasteiger partial charge in [0.25, 0.3) is 0 Å². The first-order chi connectivity index (χ1) is 15.4. The van der Waals surface area contributed by atoms with Crippen LogP contribution in [-0.4, -0.2) is 47.3 Å². The number of carbonyl (C=O) groups excluding carboxylic acids is 2. The SMILES string of the molecule is CC(C)COCCC1CCN(c2cccc3c2n(C)c(=O)n3C2CCC(=O)NC2=O)CC1. The van der Waals surface area contributed by atoms with Crippen LogP contribution in [0.15, 0.2) is 23.0 Å². The van der Waals surface area contributed by atoms with Gasteiger partial charge in [-0.15, -0.1) is 0 Å². The van der Waals surface area contributed by atoms with E-state index >= 15 is 0 Å². The molecule has 0 bridgehead atoms. The van der Waals surface area contributed by atoms with E-state index < -0.39 is 11.9 Å². The highest BCUT2D eigenvalue weighted by atomic mass is 16.5. The highest BCUT2D eigenvalue weighted by Gasteiger charge is 2.32. The van der Waals surface area contributed by atoms with Crippen molar-refractivity contribution in [2.45, 2.75) is 52.0 Å². The predicted molar refractivity (Wildman–Crippen MR) is 124 cm³/mol. The van der Waals surface area contributed by atoms with Crippen LogP contribution < -0.4 is 15.9 Å². The molecule has 0 aliphatic carbocycles. The minimum Gasteiger partial charge on any atom is -0.381 e. The number of carbonyl (C=O) groups is 2. The first-order valence-corrected chi connectivity index (χ1v) is 11.7. The van der Waals surface area contributed by atoms with Crippen molar-refractivity contribution in [1.82, 2.24) is 14.5 Å². The molecule has 0 spiro atoms. The first-order valence-electron chi connectivity index (χ1n) is 11.7. The molecule has 3 heterocycles. The number of aromatic nitrogens is 2. The van der Waals surface area contributed by atoms with Crippen LogP contribution in [0.3, 0.4) is 0 Å². The molecular weight excluding hydrogens is 408 g/mol. The third-order valence-electron chi connectivity index (χ3n) is 6.68. The molecular formula is C24H34N4O4. The van der Waals surface area contributed by atoms with E-state index in [1.54, 1.807) is 16.2 Å². The van der Waals surface area contributed by atoms with Gasteiger partial charge in [-0.2, -0.15) is 0 Å². The van der Waals surface area contributed by atoms with Gasteiger partial charge >= 0.3 is 5.69 Å². The van der Waals surface area contributed by atoms with Crippen molar-refractivity contribution in [3.63, 3.8) is 0 Å². The van der Waals surface area contributed by atoms with E-state index in [0.717, 1.165) is 62.3 Å². The molecule has 1 unspecified atom stereocenters. The summed E-state index contributed by atoms with van der Waals surface area (Å²) in [5.74, 6) is 0.547. The number of aryl methyl sites for hydroxylation is 1. The van der Waals surface area contributed by atoms with Gasteiger partial charge in [-0.25, -0.2) is 4.79 Å². The molecule has 32 heavy (non-hydrogen) atoms. The average Bonchev–Trinajstić information content (AvgIpc) is 3.02. The van der Waals surface area contributed by atoms with Gasteiger partial charge in [-0.05, 0) is 49.7 Å². The van der Waals surface area contributed by atoms with Crippen molar-refractivity contribution >= 4 is 28.5 Å². The monoisotopic (exact) mass is 442 g/mol. The van der Waals surface area contributed by atoms with Gasteiger partial charge < -0.3 is 9.64 Å². The van der Waals surface area contributed by atoms with Crippen LogP contribution in [0.1, 0.15) is 52.0 Å². The first kappa shape index (κ1) is 22.6. The highest BCUT2D eigenvalue weighted by Crippen LogP contribution is 2.32. The second-order valence-electron chi connectivity index (χ2n) is 9.51. The summed E-state index contributed by atoms with van der Waals surface area (Å²) >= 11 is 0. The summed E-state index contributed by atoms with van der Waals surface area (Å²) in [5.41, 5.74) is 2.40. The number of hydrogen-bond donors (Lipinski definition) is 1. The highest BCUT2D eigenvalue weighted by molar-refractivity contribution is 6.00. The summed E-state index contributed by atoms with van der Waals surface area (Å²) in [6, 6.07) is 5.24. The van der Waals surface area contributed by atoms with Gasteiger partial charge in [-0.3, -0.25) is 24.0 Å². The van der Waals surface area contributed by atoms with E-state index in [0.29, 0.717) is 18.3 Å². The molecule has 8 heteroatoms. The molecule has 1 N–H and O–H groups in total. The van der Waals surface area contributed by atoms with E-state index in [2.05, 4.69) is 30.1 Å². The maximum atomic E-state index is 13.1. The Balaban J connectivity index is 1.52. The number of imide groups is 1. The zero-order chi connectivity index (χ0) is 22.8. The fourth-order valence-corrected chi connectivity index (χ4v) is 4.93. The largest absolute Gasteiger partial charge is 0.381 e. The Morgan fingerprint density at radius 3 is 2.56 bits per heavy atom. The Bertz CT molecular complexity index is 1050. The Morgan fingerprint density at radius 1 is 1.12 bits per heavy atom. The van der Waals surface area contributed by atoms with Crippen LogP contribution in [0, 0.1) is 11.8 Å². The van der Waals surface area contributed by atoms with Gasteiger partial charge in [0.1, 0.15) is 6.04 Å². The van der Waals surface area contributed by atoms with E-state index in [4.69, 9.17) is 4.74 Å². The van der Waals surface area contributed by atoms with Gasteiger partial charge in [0.05, 0.1) is 16.7 Å². The number of fused-ring (bicyclic) bond motifs is 1. The molecule has 1 aromatic carbocycles. The quantitative estimate of drug-likeness (QED) is 0.526. The van der Waals surface area contributed by atoms with Gasteiger partial charge in [0, 0.05) is 39.8 Å².